The first kappa shape index (κ1) is 26.7. The number of hydrogen-bond donors (Lipinski definition) is 1. The third-order valence-electron chi connectivity index (χ3n) is 5.60. The molecule has 0 amide bonds. The number of hydrogen-bond acceptors (Lipinski definition) is 4. The molecule has 1 N–H and O–H groups in total. The van der Waals surface area contributed by atoms with E-state index >= 15 is 0 Å². The van der Waals surface area contributed by atoms with E-state index in [2.05, 4.69) is 0 Å². The van der Waals surface area contributed by atoms with Crippen LogP contribution in [0.15, 0.2) is 0 Å². The first-order valence-corrected chi connectivity index (χ1v) is 12.2. The fourth-order valence-electron chi connectivity index (χ4n) is 4.31. The summed E-state index contributed by atoms with van der Waals surface area (Å²) in [7, 11) is -2.25. The van der Waals surface area contributed by atoms with Crippen LogP contribution < -0.4 is 0 Å². The largest absolute Gasteiger partial charge is 0.497 e. The number of halogens is 6. The maximum absolute atomic E-state index is 12.5. The van der Waals surface area contributed by atoms with Gasteiger partial charge in [0.2, 0.25) is 0 Å². The molecule has 0 spiro atoms. The van der Waals surface area contributed by atoms with Gasteiger partial charge in [-0.2, -0.15) is 26.3 Å². The first-order chi connectivity index (χ1) is 13.2. The highest BCUT2D eigenvalue weighted by atomic mass is 28.4. The van der Waals surface area contributed by atoms with Crippen LogP contribution in [0.5, 0.6) is 0 Å². The molecule has 3 unspecified atom stereocenters. The lowest BCUT2D eigenvalue weighted by molar-refractivity contribution is -0.373. The van der Waals surface area contributed by atoms with E-state index in [1.807, 2.05) is 27.3 Å². The summed E-state index contributed by atoms with van der Waals surface area (Å²) >= 11 is 0. The zero-order valence-corrected chi connectivity index (χ0v) is 18.3. The second-order valence-corrected chi connectivity index (χ2v) is 10.2. The molecule has 0 aromatic heterocycles. The van der Waals surface area contributed by atoms with Gasteiger partial charge in [0.15, 0.2) is 0 Å². The zero-order valence-electron chi connectivity index (χ0n) is 17.3. The van der Waals surface area contributed by atoms with Crippen LogP contribution in [-0.4, -0.2) is 51.7 Å². The summed E-state index contributed by atoms with van der Waals surface area (Å²) in [6.07, 6.45) is -9.95. The van der Waals surface area contributed by atoms with Gasteiger partial charge < -0.3 is 18.4 Å². The number of alkyl halides is 6. The predicted molar refractivity (Wildman–Crippen MR) is 97.1 cm³/mol. The van der Waals surface area contributed by atoms with Crippen molar-refractivity contribution in [1.29, 1.82) is 0 Å². The lowest BCUT2D eigenvalue weighted by Crippen LogP contribution is -2.58. The molecule has 2 aliphatic rings. The van der Waals surface area contributed by atoms with E-state index in [4.69, 9.17) is 18.4 Å². The van der Waals surface area contributed by atoms with Crippen LogP contribution in [0.2, 0.25) is 6.55 Å². The van der Waals surface area contributed by atoms with Crippen LogP contribution >= 0.6 is 0 Å². The van der Waals surface area contributed by atoms with Gasteiger partial charge in [0.25, 0.3) is 5.60 Å². The SMILES string of the molecule is CCO[Si](C)(OCC)OCC.OC(CC1CC2CCC1C2)(C(F)(F)F)C(F)(F)F. The van der Waals surface area contributed by atoms with E-state index in [0.29, 0.717) is 39.1 Å². The van der Waals surface area contributed by atoms with Crippen molar-refractivity contribution in [2.45, 2.75) is 77.4 Å². The molecule has 174 valence electrons. The quantitative estimate of drug-likeness (QED) is 0.398. The van der Waals surface area contributed by atoms with Gasteiger partial charge in [-0.3, -0.25) is 0 Å². The molecule has 0 aromatic rings. The van der Waals surface area contributed by atoms with E-state index in [0.717, 1.165) is 6.42 Å². The number of fused-ring (bicyclic) bond motifs is 2. The molecular formula is C18H32F6O4Si. The summed E-state index contributed by atoms with van der Waals surface area (Å²) in [5.41, 5.74) is -4.56. The molecule has 2 rings (SSSR count). The summed E-state index contributed by atoms with van der Waals surface area (Å²) in [6, 6.07) is 0. The van der Waals surface area contributed by atoms with Crippen LogP contribution in [0.3, 0.4) is 0 Å². The second kappa shape index (κ2) is 10.3. The van der Waals surface area contributed by atoms with Crippen molar-refractivity contribution in [3.63, 3.8) is 0 Å². The second-order valence-electron chi connectivity index (χ2n) is 7.66. The van der Waals surface area contributed by atoms with Gasteiger partial charge in [-0.25, -0.2) is 0 Å². The molecule has 0 aliphatic heterocycles. The van der Waals surface area contributed by atoms with Crippen molar-refractivity contribution >= 4 is 8.80 Å². The van der Waals surface area contributed by atoms with Gasteiger partial charge in [0, 0.05) is 26.4 Å². The summed E-state index contributed by atoms with van der Waals surface area (Å²) in [5, 5.41) is 9.12. The highest BCUT2D eigenvalue weighted by Crippen LogP contribution is 2.55. The molecule has 2 aliphatic carbocycles. The standard InChI is InChI=1S/C11H14F6O.C7H18O3Si/c12-10(13,14)9(18,11(15,16)17)5-8-4-6-1-2-7(8)3-6;1-5-8-11(4,9-6-2)10-7-3/h6-8,18H,1-5H2;5-7H2,1-4H3. The maximum atomic E-state index is 12.5. The molecule has 0 radical (unpaired) electrons. The smallest absolute Gasteiger partial charge is 0.374 e. The van der Waals surface area contributed by atoms with Gasteiger partial charge in [0.1, 0.15) is 0 Å². The Balaban J connectivity index is 0.000000331. The predicted octanol–water partition coefficient (Wildman–Crippen LogP) is 5.33. The average molecular weight is 455 g/mol. The normalized spacial score (nSPS) is 25.1. The topological polar surface area (TPSA) is 47.9 Å². The van der Waals surface area contributed by atoms with Crippen LogP contribution in [-0.2, 0) is 13.3 Å². The summed E-state index contributed by atoms with van der Waals surface area (Å²) in [6.45, 7) is 9.73. The fraction of sp³-hybridized carbons (Fsp3) is 1.00. The van der Waals surface area contributed by atoms with Crippen LogP contribution in [0.25, 0.3) is 0 Å². The Bertz CT molecular complexity index is 469. The monoisotopic (exact) mass is 454 g/mol. The Morgan fingerprint density at radius 3 is 1.55 bits per heavy atom. The lowest BCUT2D eigenvalue weighted by Gasteiger charge is -2.36. The van der Waals surface area contributed by atoms with Crippen molar-refractivity contribution in [3.05, 3.63) is 0 Å². The van der Waals surface area contributed by atoms with Gasteiger partial charge in [-0.15, -0.1) is 0 Å². The Hall–Kier alpha value is -0.363. The molecule has 0 heterocycles. The molecule has 0 aromatic carbocycles. The van der Waals surface area contributed by atoms with Crippen molar-refractivity contribution in [2.75, 3.05) is 19.8 Å². The van der Waals surface area contributed by atoms with E-state index < -0.39 is 39.1 Å². The highest BCUT2D eigenvalue weighted by Gasteiger charge is 2.71. The molecule has 11 heteroatoms. The van der Waals surface area contributed by atoms with E-state index in [9.17, 15) is 26.3 Å². The van der Waals surface area contributed by atoms with Crippen molar-refractivity contribution in [3.8, 4) is 0 Å². The number of rotatable bonds is 8. The Morgan fingerprint density at radius 1 is 0.828 bits per heavy atom. The molecular weight excluding hydrogens is 422 g/mol. The molecule has 3 atom stereocenters. The van der Waals surface area contributed by atoms with Crippen molar-refractivity contribution in [1.82, 2.24) is 0 Å². The average Bonchev–Trinajstić information content (AvgIpc) is 3.16. The van der Waals surface area contributed by atoms with Crippen LogP contribution in [0, 0.1) is 17.8 Å². The molecule has 2 saturated carbocycles. The molecule has 0 saturated heterocycles. The van der Waals surface area contributed by atoms with Gasteiger partial charge in [-0.05, 0) is 64.2 Å². The van der Waals surface area contributed by atoms with Gasteiger partial charge in [-0.1, -0.05) is 6.42 Å². The molecule has 2 bridgehead atoms. The third-order valence-corrected chi connectivity index (χ3v) is 8.04. The molecule has 4 nitrogen and oxygen atoms in total. The fourth-order valence-corrected chi connectivity index (χ4v) is 6.13. The Morgan fingerprint density at radius 2 is 1.28 bits per heavy atom. The Kier molecular flexibility index (Phi) is 9.47. The maximum Gasteiger partial charge on any atom is 0.497 e. The summed E-state index contributed by atoms with van der Waals surface area (Å²) < 4.78 is 91.4. The minimum absolute atomic E-state index is 0.0915. The minimum atomic E-state index is -5.67. The van der Waals surface area contributed by atoms with E-state index in [1.54, 1.807) is 0 Å². The minimum Gasteiger partial charge on any atom is -0.374 e. The van der Waals surface area contributed by atoms with Crippen LogP contribution in [0.1, 0.15) is 52.9 Å². The number of aliphatic hydroxyl groups is 1. The van der Waals surface area contributed by atoms with Gasteiger partial charge >= 0.3 is 21.2 Å². The van der Waals surface area contributed by atoms with E-state index in [1.165, 1.54) is 0 Å². The van der Waals surface area contributed by atoms with Crippen molar-refractivity contribution in [2.24, 2.45) is 17.8 Å². The third kappa shape index (κ3) is 6.81. The van der Waals surface area contributed by atoms with Crippen LogP contribution in [0.4, 0.5) is 26.3 Å². The first-order valence-electron chi connectivity index (χ1n) is 10.0. The zero-order chi connectivity index (χ0) is 22.5. The molecule has 29 heavy (non-hydrogen) atoms. The summed E-state index contributed by atoms with van der Waals surface area (Å²) in [5.74, 6) is -0.519. The molecule has 2 fully saturated rings. The van der Waals surface area contributed by atoms with E-state index in [-0.39, 0.29) is 11.8 Å². The summed E-state index contributed by atoms with van der Waals surface area (Å²) in [4.78, 5) is 0. The van der Waals surface area contributed by atoms with Crippen molar-refractivity contribution < 1.29 is 44.7 Å². The highest BCUT2D eigenvalue weighted by molar-refractivity contribution is 6.59. The lowest BCUT2D eigenvalue weighted by atomic mass is 9.79. The van der Waals surface area contributed by atoms with Gasteiger partial charge in [0.05, 0.1) is 0 Å². The Labute approximate surface area is 169 Å².